The number of piperidine rings is 1. The van der Waals surface area contributed by atoms with Gasteiger partial charge in [0.2, 0.25) is 0 Å². The molecule has 1 heterocycles. The Hall–Kier alpha value is -0.120. The van der Waals surface area contributed by atoms with Crippen LogP contribution in [0.15, 0.2) is 0 Å². The summed E-state index contributed by atoms with van der Waals surface area (Å²) in [5.74, 6) is 0.732. The van der Waals surface area contributed by atoms with Gasteiger partial charge in [0.1, 0.15) is 0 Å². The van der Waals surface area contributed by atoms with E-state index in [0.29, 0.717) is 6.61 Å². The van der Waals surface area contributed by atoms with Crippen LogP contribution in [0.5, 0.6) is 0 Å². The molecule has 1 aliphatic rings. The third-order valence-electron chi connectivity index (χ3n) is 3.00. The highest BCUT2D eigenvalue weighted by atomic mass is 16.3. The standard InChI is InChI=1S/C11H24N2O/c1-12(2)7-8-13-6-3-4-11(10-13)5-9-14/h11,14H,3-10H2,1-2H3. The average Bonchev–Trinajstić information content (AvgIpc) is 2.16. The van der Waals surface area contributed by atoms with Gasteiger partial charge in [-0.3, -0.25) is 0 Å². The van der Waals surface area contributed by atoms with Gasteiger partial charge >= 0.3 is 0 Å². The second kappa shape index (κ2) is 6.38. The zero-order valence-electron chi connectivity index (χ0n) is 9.58. The summed E-state index contributed by atoms with van der Waals surface area (Å²) in [7, 11) is 4.24. The Morgan fingerprint density at radius 3 is 2.86 bits per heavy atom. The Balaban J connectivity index is 2.18. The molecule has 1 rings (SSSR count). The number of likely N-dealkylation sites (tertiary alicyclic amines) is 1. The van der Waals surface area contributed by atoms with Crippen molar-refractivity contribution in [2.45, 2.75) is 19.3 Å². The molecule has 1 aliphatic heterocycles. The van der Waals surface area contributed by atoms with Gasteiger partial charge in [0.05, 0.1) is 0 Å². The molecule has 0 bridgehead atoms. The molecular weight excluding hydrogens is 176 g/mol. The molecule has 0 aliphatic carbocycles. The van der Waals surface area contributed by atoms with Crippen LogP contribution in [-0.2, 0) is 0 Å². The van der Waals surface area contributed by atoms with Gasteiger partial charge in [-0.1, -0.05) is 0 Å². The van der Waals surface area contributed by atoms with Crippen molar-refractivity contribution in [3.63, 3.8) is 0 Å². The minimum absolute atomic E-state index is 0.353. The van der Waals surface area contributed by atoms with E-state index < -0.39 is 0 Å². The van der Waals surface area contributed by atoms with Crippen LogP contribution in [0.3, 0.4) is 0 Å². The number of aliphatic hydroxyl groups excluding tert-OH is 1. The highest BCUT2D eigenvalue weighted by molar-refractivity contribution is 4.73. The summed E-state index contributed by atoms with van der Waals surface area (Å²) in [6, 6.07) is 0. The molecule has 0 aromatic rings. The van der Waals surface area contributed by atoms with Gasteiger partial charge in [-0.2, -0.15) is 0 Å². The Morgan fingerprint density at radius 1 is 1.43 bits per heavy atom. The Bertz CT molecular complexity index is 148. The predicted molar refractivity (Wildman–Crippen MR) is 59.4 cm³/mol. The van der Waals surface area contributed by atoms with E-state index >= 15 is 0 Å². The molecule has 0 aromatic heterocycles. The number of aliphatic hydroxyl groups is 1. The molecule has 14 heavy (non-hydrogen) atoms. The summed E-state index contributed by atoms with van der Waals surface area (Å²) >= 11 is 0. The molecule has 84 valence electrons. The molecule has 0 radical (unpaired) electrons. The largest absolute Gasteiger partial charge is 0.396 e. The van der Waals surface area contributed by atoms with Gasteiger partial charge in [-0.05, 0) is 45.8 Å². The second-order valence-electron chi connectivity index (χ2n) is 4.62. The van der Waals surface area contributed by atoms with E-state index in [1.807, 2.05) is 0 Å². The first-order valence-corrected chi connectivity index (χ1v) is 5.70. The lowest BCUT2D eigenvalue weighted by atomic mass is 9.95. The van der Waals surface area contributed by atoms with E-state index in [0.717, 1.165) is 18.9 Å². The van der Waals surface area contributed by atoms with Crippen molar-refractivity contribution in [3.05, 3.63) is 0 Å². The number of likely N-dealkylation sites (N-methyl/N-ethyl adjacent to an activating group) is 1. The summed E-state index contributed by atoms with van der Waals surface area (Å²) < 4.78 is 0. The topological polar surface area (TPSA) is 26.7 Å². The zero-order valence-corrected chi connectivity index (χ0v) is 9.58. The minimum atomic E-state index is 0.353. The molecule has 0 amide bonds. The first kappa shape index (κ1) is 12.0. The van der Waals surface area contributed by atoms with E-state index in [9.17, 15) is 0 Å². The smallest absolute Gasteiger partial charge is 0.0434 e. The average molecular weight is 200 g/mol. The molecule has 3 heteroatoms. The molecule has 0 aromatic carbocycles. The molecule has 1 fully saturated rings. The molecule has 1 unspecified atom stereocenters. The van der Waals surface area contributed by atoms with E-state index in [1.165, 1.54) is 32.5 Å². The second-order valence-corrected chi connectivity index (χ2v) is 4.62. The molecule has 1 atom stereocenters. The van der Waals surface area contributed by atoms with Crippen molar-refractivity contribution in [3.8, 4) is 0 Å². The molecule has 0 spiro atoms. The Kier molecular flexibility index (Phi) is 5.45. The van der Waals surface area contributed by atoms with Crippen molar-refractivity contribution >= 4 is 0 Å². The van der Waals surface area contributed by atoms with Crippen LogP contribution in [0.4, 0.5) is 0 Å². The first-order valence-electron chi connectivity index (χ1n) is 5.70. The summed E-state index contributed by atoms with van der Waals surface area (Å²) in [6.45, 7) is 5.11. The van der Waals surface area contributed by atoms with Gasteiger partial charge in [-0.15, -0.1) is 0 Å². The van der Waals surface area contributed by atoms with Crippen LogP contribution in [0.25, 0.3) is 0 Å². The van der Waals surface area contributed by atoms with Gasteiger partial charge in [0.25, 0.3) is 0 Å². The van der Waals surface area contributed by atoms with E-state index in [1.54, 1.807) is 0 Å². The number of rotatable bonds is 5. The fourth-order valence-electron chi connectivity index (χ4n) is 2.11. The molecule has 1 N–H and O–H groups in total. The Morgan fingerprint density at radius 2 is 2.21 bits per heavy atom. The quantitative estimate of drug-likeness (QED) is 0.705. The number of hydrogen-bond acceptors (Lipinski definition) is 3. The van der Waals surface area contributed by atoms with E-state index in [4.69, 9.17) is 5.11 Å². The monoisotopic (exact) mass is 200 g/mol. The van der Waals surface area contributed by atoms with Gasteiger partial charge in [0, 0.05) is 26.2 Å². The van der Waals surface area contributed by atoms with Crippen molar-refractivity contribution < 1.29 is 5.11 Å². The maximum Gasteiger partial charge on any atom is 0.0434 e. The van der Waals surface area contributed by atoms with Crippen molar-refractivity contribution in [1.29, 1.82) is 0 Å². The molecule has 0 saturated carbocycles. The fraction of sp³-hybridized carbons (Fsp3) is 1.00. The van der Waals surface area contributed by atoms with E-state index in [-0.39, 0.29) is 0 Å². The van der Waals surface area contributed by atoms with Crippen LogP contribution >= 0.6 is 0 Å². The molecule has 1 saturated heterocycles. The van der Waals surface area contributed by atoms with Crippen LogP contribution in [0, 0.1) is 5.92 Å². The normalized spacial score (nSPS) is 24.4. The highest BCUT2D eigenvalue weighted by Gasteiger charge is 2.18. The maximum atomic E-state index is 8.90. The van der Waals surface area contributed by atoms with E-state index in [2.05, 4.69) is 23.9 Å². The molecule has 3 nitrogen and oxygen atoms in total. The lowest BCUT2D eigenvalue weighted by Gasteiger charge is -2.33. The lowest BCUT2D eigenvalue weighted by Crippen LogP contribution is -2.39. The zero-order chi connectivity index (χ0) is 10.4. The summed E-state index contributed by atoms with van der Waals surface area (Å²) in [4.78, 5) is 4.76. The summed E-state index contributed by atoms with van der Waals surface area (Å²) in [5, 5.41) is 8.90. The number of nitrogens with zero attached hydrogens (tertiary/aromatic N) is 2. The van der Waals surface area contributed by atoms with Crippen LogP contribution < -0.4 is 0 Å². The summed E-state index contributed by atoms with van der Waals surface area (Å²) in [6.07, 6.45) is 3.59. The highest BCUT2D eigenvalue weighted by Crippen LogP contribution is 2.18. The van der Waals surface area contributed by atoms with Crippen LogP contribution in [-0.4, -0.2) is 61.8 Å². The molecular formula is C11H24N2O. The third-order valence-corrected chi connectivity index (χ3v) is 3.00. The first-order chi connectivity index (χ1) is 6.72. The van der Waals surface area contributed by atoms with Gasteiger partial charge < -0.3 is 14.9 Å². The van der Waals surface area contributed by atoms with Crippen molar-refractivity contribution in [1.82, 2.24) is 9.80 Å². The maximum absolute atomic E-state index is 8.90. The third kappa shape index (κ3) is 4.40. The van der Waals surface area contributed by atoms with Crippen molar-refractivity contribution in [2.75, 3.05) is 46.9 Å². The van der Waals surface area contributed by atoms with Gasteiger partial charge in [0.15, 0.2) is 0 Å². The minimum Gasteiger partial charge on any atom is -0.396 e. The summed E-state index contributed by atoms with van der Waals surface area (Å²) in [5.41, 5.74) is 0. The van der Waals surface area contributed by atoms with Crippen molar-refractivity contribution in [2.24, 2.45) is 5.92 Å². The van der Waals surface area contributed by atoms with Gasteiger partial charge in [-0.25, -0.2) is 0 Å². The van der Waals surface area contributed by atoms with Crippen LogP contribution in [0.1, 0.15) is 19.3 Å². The SMILES string of the molecule is CN(C)CCN1CCCC(CCO)C1. The fourth-order valence-corrected chi connectivity index (χ4v) is 2.11. The lowest BCUT2D eigenvalue weighted by molar-refractivity contribution is 0.139. The number of hydrogen-bond donors (Lipinski definition) is 1. The van der Waals surface area contributed by atoms with Crippen LogP contribution in [0.2, 0.25) is 0 Å². The predicted octanol–water partition coefficient (Wildman–Crippen LogP) is 0.642. The Labute approximate surface area is 87.7 Å².